The van der Waals surface area contributed by atoms with Crippen LogP contribution in [0.5, 0.6) is 0 Å². The molecular formula is C11H8ClN3O2S2. The molecule has 19 heavy (non-hydrogen) atoms. The summed E-state index contributed by atoms with van der Waals surface area (Å²) in [6.45, 7) is -0.109. The molecule has 0 aromatic carbocycles. The molecule has 2 heterocycles. The van der Waals surface area contributed by atoms with Crippen LogP contribution in [0, 0.1) is 12.3 Å². The lowest BCUT2D eigenvalue weighted by Crippen LogP contribution is -2.31. The van der Waals surface area contributed by atoms with E-state index in [4.69, 9.17) is 18.0 Å². The van der Waals surface area contributed by atoms with E-state index in [0.29, 0.717) is 5.13 Å². The molecule has 0 bridgehead atoms. The van der Waals surface area contributed by atoms with Crippen molar-refractivity contribution in [2.24, 2.45) is 0 Å². The van der Waals surface area contributed by atoms with Gasteiger partial charge in [-0.05, 0) is 6.07 Å². The van der Waals surface area contributed by atoms with Crippen LogP contribution in [0.4, 0.5) is 5.13 Å². The van der Waals surface area contributed by atoms with Gasteiger partial charge in [-0.15, -0.1) is 17.8 Å². The van der Waals surface area contributed by atoms with Gasteiger partial charge in [-0.3, -0.25) is 4.98 Å². The molecule has 0 atom stereocenters. The quantitative estimate of drug-likeness (QED) is 0.810. The van der Waals surface area contributed by atoms with Crippen molar-refractivity contribution in [3.8, 4) is 12.3 Å². The average Bonchev–Trinajstić information content (AvgIpc) is 2.89. The van der Waals surface area contributed by atoms with E-state index >= 15 is 0 Å². The predicted molar refractivity (Wildman–Crippen MR) is 74.7 cm³/mol. The van der Waals surface area contributed by atoms with Gasteiger partial charge >= 0.3 is 0 Å². The highest BCUT2D eigenvalue weighted by molar-refractivity contribution is 7.93. The van der Waals surface area contributed by atoms with Crippen LogP contribution in [0.15, 0.2) is 34.9 Å². The lowest BCUT2D eigenvalue weighted by atomic mass is 10.5. The summed E-state index contributed by atoms with van der Waals surface area (Å²) in [6, 6.07) is 1.32. The van der Waals surface area contributed by atoms with Gasteiger partial charge in [0.2, 0.25) is 0 Å². The summed E-state index contributed by atoms with van der Waals surface area (Å²) in [6.07, 6.45) is 9.31. The maximum Gasteiger partial charge on any atom is 0.268 e. The van der Waals surface area contributed by atoms with E-state index in [0.717, 1.165) is 4.31 Å². The topological polar surface area (TPSA) is 63.2 Å². The third-order valence-electron chi connectivity index (χ3n) is 2.14. The minimum Gasteiger partial charge on any atom is -0.262 e. The second-order valence-electron chi connectivity index (χ2n) is 3.37. The van der Waals surface area contributed by atoms with Crippen molar-refractivity contribution >= 4 is 38.1 Å². The van der Waals surface area contributed by atoms with Crippen molar-refractivity contribution in [3.63, 3.8) is 0 Å². The van der Waals surface area contributed by atoms with Gasteiger partial charge in [-0.25, -0.2) is 17.7 Å². The van der Waals surface area contributed by atoms with E-state index in [1.807, 2.05) is 0 Å². The zero-order valence-electron chi connectivity index (χ0n) is 9.52. The number of terminal acetylenes is 1. The molecule has 2 aromatic heterocycles. The van der Waals surface area contributed by atoms with Gasteiger partial charge in [0.15, 0.2) is 5.13 Å². The summed E-state index contributed by atoms with van der Waals surface area (Å²) >= 11 is 6.94. The Bertz CT molecular complexity index is 708. The van der Waals surface area contributed by atoms with Gasteiger partial charge in [0.1, 0.15) is 4.90 Å². The Morgan fingerprint density at radius 2 is 2.26 bits per heavy atom. The molecule has 0 unspecified atom stereocenters. The largest absolute Gasteiger partial charge is 0.268 e. The van der Waals surface area contributed by atoms with E-state index in [2.05, 4.69) is 15.9 Å². The molecule has 2 rings (SSSR count). The number of hydrogen-bond donors (Lipinski definition) is 0. The summed E-state index contributed by atoms with van der Waals surface area (Å²) in [5.41, 5.74) is 0. The molecule has 0 saturated heterocycles. The Kier molecular flexibility index (Phi) is 4.04. The third kappa shape index (κ3) is 2.87. The average molecular weight is 314 g/mol. The van der Waals surface area contributed by atoms with Crippen LogP contribution in [0.25, 0.3) is 0 Å². The van der Waals surface area contributed by atoms with E-state index in [1.54, 1.807) is 5.38 Å². The highest BCUT2D eigenvalue weighted by atomic mass is 35.5. The summed E-state index contributed by atoms with van der Waals surface area (Å²) in [7, 11) is -3.82. The van der Waals surface area contributed by atoms with Crippen molar-refractivity contribution in [2.45, 2.75) is 4.90 Å². The normalized spacial score (nSPS) is 10.9. The number of pyridine rings is 1. The first-order valence-corrected chi connectivity index (χ1v) is 7.71. The lowest BCUT2D eigenvalue weighted by Gasteiger charge is -2.18. The molecule has 2 aromatic rings. The molecule has 0 aliphatic carbocycles. The fourth-order valence-electron chi connectivity index (χ4n) is 1.34. The Hall–Kier alpha value is -1.62. The second-order valence-corrected chi connectivity index (χ2v) is 6.54. The number of nitrogens with zero attached hydrogens (tertiary/aromatic N) is 3. The summed E-state index contributed by atoms with van der Waals surface area (Å²) in [4.78, 5) is 7.71. The van der Waals surface area contributed by atoms with E-state index < -0.39 is 10.0 Å². The van der Waals surface area contributed by atoms with Gasteiger partial charge in [0, 0.05) is 24.0 Å². The molecular weight excluding hydrogens is 306 g/mol. The van der Waals surface area contributed by atoms with Gasteiger partial charge < -0.3 is 0 Å². The maximum absolute atomic E-state index is 12.5. The molecule has 0 saturated carbocycles. The number of halogens is 1. The highest BCUT2D eigenvalue weighted by Crippen LogP contribution is 2.25. The Labute approximate surface area is 119 Å². The van der Waals surface area contributed by atoms with Crippen LogP contribution in [0.1, 0.15) is 0 Å². The summed E-state index contributed by atoms with van der Waals surface area (Å²) < 4.78 is 26.0. The highest BCUT2D eigenvalue weighted by Gasteiger charge is 2.26. The summed E-state index contributed by atoms with van der Waals surface area (Å²) in [5, 5.41) is 2.21. The molecule has 0 fully saturated rings. The number of sulfonamides is 1. The van der Waals surface area contributed by atoms with Crippen molar-refractivity contribution in [2.75, 3.05) is 10.8 Å². The van der Waals surface area contributed by atoms with Crippen molar-refractivity contribution in [3.05, 3.63) is 35.1 Å². The zero-order chi connectivity index (χ0) is 13.9. The van der Waals surface area contributed by atoms with Gasteiger partial charge in [-0.1, -0.05) is 17.5 Å². The smallest absolute Gasteiger partial charge is 0.262 e. The monoisotopic (exact) mass is 313 g/mol. The molecule has 0 aliphatic rings. The zero-order valence-corrected chi connectivity index (χ0v) is 11.9. The van der Waals surface area contributed by atoms with Crippen molar-refractivity contribution in [1.29, 1.82) is 0 Å². The maximum atomic E-state index is 12.5. The SMILES string of the molecule is C#CCN(c1nccs1)S(=O)(=O)c1cncc(Cl)c1. The van der Waals surface area contributed by atoms with Crippen LogP contribution >= 0.6 is 22.9 Å². The fraction of sp³-hybridized carbons (Fsp3) is 0.0909. The number of rotatable bonds is 4. The van der Waals surface area contributed by atoms with Gasteiger partial charge in [0.05, 0.1) is 11.6 Å². The van der Waals surface area contributed by atoms with E-state index in [1.165, 1.54) is 36.0 Å². The minimum absolute atomic E-state index is 0.0227. The molecule has 0 spiro atoms. The summed E-state index contributed by atoms with van der Waals surface area (Å²) in [5.74, 6) is 2.31. The first-order chi connectivity index (χ1) is 9.05. The number of aromatic nitrogens is 2. The van der Waals surface area contributed by atoms with Crippen LogP contribution in [0.2, 0.25) is 5.02 Å². The predicted octanol–water partition coefficient (Wildman–Crippen LogP) is 2.02. The standard InChI is InChI=1S/C11H8ClN3O2S2/c1-2-4-15(11-14-3-5-18-11)19(16,17)10-6-9(12)7-13-8-10/h1,3,5-8H,4H2. The number of hydrogen-bond acceptors (Lipinski definition) is 5. The Balaban J connectivity index is 2.50. The van der Waals surface area contributed by atoms with E-state index in [9.17, 15) is 8.42 Å². The molecule has 0 radical (unpaired) electrons. The third-order valence-corrected chi connectivity index (χ3v) is 4.95. The molecule has 8 heteroatoms. The van der Waals surface area contributed by atoms with Crippen LogP contribution in [-0.2, 0) is 10.0 Å². The minimum atomic E-state index is -3.82. The van der Waals surface area contributed by atoms with Crippen molar-refractivity contribution in [1.82, 2.24) is 9.97 Å². The first kappa shape index (κ1) is 13.8. The van der Waals surface area contributed by atoms with Crippen LogP contribution < -0.4 is 4.31 Å². The van der Waals surface area contributed by atoms with Crippen molar-refractivity contribution < 1.29 is 8.42 Å². The van der Waals surface area contributed by atoms with E-state index in [-0.39, 0.29) is 16.5 Å². The Morgan fingerprint density at radius 3 is 2.84 bits per heavy atom. The van der Waals surface area contributed by atoms with Crippen LogP contribution in [-0.4, -0.2) is 24.9 Å². The fourth-order valence-corrected chi connectivity index (χ4v) is 3.77. The number of anilines is 1. The first-order valence-electron chi connectivity index (χ1n) is 5.02. The molecule has 98 valence electrons. The van der Waals surface area contributed by atoms with Crippen LogP contribution in [0.3, 0.4) is 0 Å². The lowest BCUT2D eigenvalue weighted by molar-refractivity contribution is 0.592. The number of thiazole rings is 1. The van der Waals surface area contributed by atoms with Gasteiger partial charge in [-0.2, -0.15) is 0 Å². The Morgan fingerprint density at radius 1 is 1.47 bits per heavy atom. The molecule has 5 nitrogen and oxygen atoms in total. The molecule has 0 aliphatic heterocycles. The molecule has 0 amide bonds. The second kappa shape index (κ2) is 5.57. The molecule has 0 N–H and O–H groups in total. The van der Waals surface area contributed by atoms with Gasteiger partial charge in [0.25, 0.3) is 10.0 Å².